The molecule has 2 heterocycles. The van der Waals surface area contributed by atoms with Crippen molar-refractivity contribution in [3.8, 4) is 0 Å². The van der Waals surface area contributed by atoms with Gasteiger partial charge in [-0.1, -0.05) is 19.3 Å². The minimum atomic E-state index is 0. The number of guanidine groups is 1. The van der Waals surface area contributed by atoms with Crippen LogP contribution in [-0.2, 0) is 9.47 Å². The highest BCUT2D eigenvalue weighted by molar-refractivity contribution is 14.0. The largest absolute Gasteiger partial charge is 0.376 e. The van der Waals surface area contributed by atoms with Crippen LogP contribution in [0.2, 0.25) is 0 Å². The second-order valence-corrected chi connectivity index (χ2v) is 8.34. The summed E-state index contributed by atoms with van der Waals surface area (Å²) in [5.74, 6) is 2.28. The lowest BCUT2D eigenvalue weighted by atomic mass is 9.87. The minimum absolute atomic E-state index is 0. The van der Waals surface area contributed by atoms with Gasteiger partial charge in [-0.25, -0.2) is 0 Å². The van der Waals surface area contributed by atoms with Gasteiger partial charge in [0, 0.05) is 30.1 Å². The minimum Gasteiger partial charge on any atom is -0.376 e. The van der Waals surface area contributed by atoms with E-state index in [1.807, 2.05) is 0 Å². The molecule has 2 aliphatic heterocycles. The van der Waals surface area contributed by atoms with Gasteiger partial charge in [0.25, 0.3) is 0 Å². The second kappa shape index (κ2) is 10.4. The fraction of sp³-hybridized carbons (Fsp3) is 0.941. The third kappa shape index (κ3) is 5.64. The highest BCUT2D eigenvalue weighted by Gasteiger charge is 2.38. The van der Waals surface area contributed by atoms with Crippen LogP contribution >= 0.6 is 35.7 Å². The van der Waals surface area contributed by atoms with Crippen molar-refractivity contribution < 1.29 is 9.47 Å². The maximum atomic E-state index is 5.72. The summed E-state index contributed by atoms with van der Waals surface area (Å²) < 4.78 is 11.7. The third-order valence-electron chi connectivity index (χ3n) is 4.98. The number of ether oxygens (including phenoxy) is 2. The highest BCUT2D eigenvalue weighted by atomic mass is 127. The van der Waals surface area contributed by atoms with Gasteiger partial charge < -0.3 is 19.7 Å². The predicted molar refractivity (Wildman–Crippen MR) is 112 cm³/mol. The van der Waals surface area contributed by atoms with Gasteiger partial charge in [-0.15, -0.1) is 24.0 Å². The van der Waals surface area contributed by atoms with E-state index in [2.05, 4.69) is 28.9 Å². The molecule has 0 aromatic rings. The number of nitrogens with one attached hydrogen (secondary N) is 1. The molecule has 7 heteroatoms. The first kappa shape index (κ1) is 20.6. The molecule has 0 radical (unpaired) electrons. The first-order valence-electron chi connectivity index (χ1n) is 9.18. The smallest absolute Gasteiger partial charge is 0.194 e. The zero-order chi connectivity index (χ0) is 16.0. The fourth-order valence-electron chi connectivity index (χ4n) is 3.78. The molecule has 1 saturated carbocycles. The summed E-state index contributed by atoms with van der Waals surface area (Å²) in [7, 11) is 0. The van der Waals surface area contributed by atoms with Gasteiger partial charge in [-0.3, -0.25) is 4.99 Å². The summed E-state index contributed by atoms with van der Waals surface area (Å²) in [5, 5.41) is 3.48. The summed E-state index contributed by atoms with van der Waals surface area (Å²) in [6.45, 7) is 8.07. The Bertz CT molecular complexity index is 394. The molecular weight excluding hydrogens is 437 g/mol. The summed E-state index contributed by atoms with van der Waals surface area (Å²) in [5.41, 5.74) is 0. The van der Waals surface area contributed by atoms with Crippen molar-refractivity contribution in [1.29, 1.82) is 0 Å². The van der Waals surface area contributed by atoms with Crippen molar-refractivity contribution >= 4 is 41.7 Å². The number of rotatable bonds is 3. The molecule has 0 bridgehead atoms. The summed E-state index contributed by atoms with van der Waals surface area (Å²) in [6.07, 6.45) is 7.04. The van der Waals surface area contributed by atoms with E-state index in [1.165, 1.54) is 37.9 Å². The van der Waals surface area contributed by atoms with Crippen molar-refractivity contribution in [2.75, 3.05) is 51.8 Å². The van der Waals surface area contributed by atoms with Crippen LogP contribution in [0.25, 0.3) is 0 Å². The molecular formula is C17H32IN3O2S. The van der Waals surface area contributed by atoms with Crippen LogP contribution in [0.15, 0.2) is 4.99 Å². The van der Waals surface area contributed by atoms with Gasteiger partial charge in [0.2, 0.25) is 0 Å². The molecule has 1 unspecified atom stereocenters. The lowest BCUT2D eigenvalue weighted by Crippen LogP contribution is -2.53. The molecule has 0 aromatic heterocycles. The lowest BCUT2D eigenvalue weighted by molar-refractivity contribution is -0.0833. The van der Waals surface area contributed by atoms with Crippen LogP contribution in [0.3, 0.4) is 0 Å². The number of thioether (sulfide) groups is 1. The predicted octanol–water partition coefficient (Wildman–Crippen LogP) is 2.74. The number of aliphatic imine (C=N–C) groups is 1. The first-order valence-corrected chi connectivity index (χ1v) is 10.2. The van der Waals surface area contributed by atoms with Gasteiger partial charge in [0.15, 0.2) is 5.96 Å². The van der Waals surface area contributed by atoms with Crippen LogP contribution in [0.5, 0.6) is 0 Å². The summed E-state index contributed by atoms with van der Waals surface area (Å²) >= 11 is 2.20. The van der Waals surface area contributed by atoms with Gasteiger partial charge in [-0.05, 0) is 19.8 Å². The van der Waals surface area contributed by atoms with Crippen LogP contribution in [0.4, 0.5) is 0 Å². The Morgan fingerprint density at radius 3 is 2.83 bits per heavy atom. The van der Waals surface area contributed by atoms with Crippen LogP contribution < -0.4 is 5.32 Å². The monoisotopic (exact) mass is 469 g/mol. The molecule has 3 fully saturated rings. The maximum Gasteiger partial charge on any atom is 0.194 e. The SMILES string of the molecule is CCNC(=NCC1COCCO1)N1CCSC2(CCCCC2)C1.I. The van der Waals surface area contributed by atoms with Gasteiger partial charge in [-0.2, -0.15) is 11.8 Å². The Morgan fingerprint density at radius 1 is 1.29 bits per heavy atom. The average molecular weight is 469 g/mol. The third-order valence-corrected chi connectivity index (χ3v) is 6.51. The zero-order valence-corrected chi connectivity index (χ0v) is 17.9. The zero-order valence-electron chi connectivity index (χ0n) is 14.8. The Hall–Kier alpha value is 0.270. The average Bonchev–Trinajstić information content (AvgIpc) is 2.60. The number of halogens is 1. The van der Waals surface area contributed by atoms with E-state index in [9.17, 15) is 0 Å². The quantitative estimate of drug-likeness (QED) is 0.392. The van der Waals surface area contributed by atoms with E-state index in [1.54, 1.807) is 0 Å². The summed E-state index contributed by atoms with van der Waals surface area (Å²) in [4.78, 5) is 7.34. The standard InChI is InChI=1S/C17H31N3O2S.HI/c1-2-18-16(19-12-15-13-21-9-10-22-15)20-8-11-23-17(14-20)6-4-3-5-7-17;/h15H,2-14H2,1H3,(H,18,19);1H. The second-order valence-electron chi connectivity index (χ2n) is 6.78. The number of hydrogen-bond donors (Lipinski definition) is 1. The van der Waals surface area contributed by atoms with Crippen LogP contribution in [-0.4, -0.2) is 73.5 Å². The molecule has 1 N–H and O–H groups in total. The maximum absolute atomic E-state index is 5.72. The molecule has 140 valence electrons. The van der Waals surface area contributed by atoms with Crippen LogP contribution in [0.1, 0.15) is 39.0 Å². The van der Waals surface area contributed by atoms with Crippen molar-refractivity contribution in [2.45, 2.75) is 49.9 Å². The molecule has 5 nitrogen and oxygen atoms in total. The van der Waals surface area contributed by atoms with Gasteiger partial charge >= 0.3 is 0 Å². The van der Waals surface area contributed by atoms with Crippen molar-refractivity contribution in [3.05, 3.63) is 0 Å². The number of nitrogens with zero attached hydrogens (tertiary/aromatic N) is 2. The van der Waals surface area contributed by atoms with Crippen molar-refractivity contribution in [2.24, 2.45) is 4.99 Å². The van der Waals surface area contributed by atoms with E-state index in [0.717, 1.165) is 25.6 Å². The Labute approximate surface area is 167 Å². The molecule has 1 atom stereocenters. The summed E-state index contributed by atoms with van der Waals surface area (Å²) in [6, 6.07) is 0. The molecule has 2 saturated heterocycles. The fourth-order valence-corrected chi connectivity index (χ4v) is 5.35. The molecule has 1 aliphatic carbocycles. The number of hydrogen-bond acceptors (Lipinski definition) is 4. The van der Waals surface area contributed by atoms with E-state index in [0.29, 0.717) is 31.1 Å². The van der Waals surface area contributed by atoms with Crippen LogP contribution in [0, 0.1) is 0 Å². The molecule has 0 aromatic carbocycles. The van der Waals surface area contributed by atoms with E-state index >= 15 is 0 Å². The topological polar surface area (TPSA) is 46.1 Å². The van der Waals surface area contributed by atoms with E-state index < -0.39 is 0 Å². The highest BCUT2D eigenvalue weighted by Crippen LogP contribution is 2.42. The molecule has 3 aliphatic rings. The van der Waals surface area contributed by atoms with E-state index in [4.69, 9.17) is 14.5 Å². The molecule has 0 amide bonds. The Balaban J connectivity index is 0.00000208. The Kier molecular flexibility index (Phi) is 8.94. The van der Waals surface area contributed by atoms with Crippen molar-refractivity contribution in [1.82, 2.24) is 10.2 Å². The lowest BCUT2D eigenvalue weighted by Gasteiger charge is -2.45. The molecule has 24 heavy (non-hydrogen) atoms. The molecule has 3 rings (SSSR count). The van der Waals surface area contributed by atoms with Gasteiger partial charge in [0.05, 0.1) is 26.4 Å². The Morgan fingerprint density at radius 2 is 2.12 bits per heavy atom. The van der Waals surface area contributed by atoms with Crippen molar-refractivity contribution in [3.63, 3.8) is 0 Å². The van der Waals surface area contributed by atoms with E-state index in [-0.39, 0.29) is 30.1 Å². The molecule has 1 spiro atoms. The van der Waals surface area contributed by atoms with Gasteiger partial charge in [0.1, 0.15) is 6.10 Å². The first-order chi connectivity index (χ1) is 11.3. The normalized spacial score (nSPS) is 27.6.